The zero-order chi connectivity index (χ0) is 26.9. The van der Waals surface area contributed by atoms with Crippen LogP contribution in [0, 0.1) is 0 Å². The molecule has 0 saturated carbocycles. The van der Waals surface area contributed by atoms with Gasteiger partial charge in [-0.05, 0) is 60.7 Å². The van der Waals surface area contributed by atoms with E-state index in [2.05, 4.69) is 21.2 Å². The van der Waals surface area contributed by atoms with Gasteiger partial charge >= 0.3 is 0 Å². The Balaban J connectivity index is 1.59. The summed E-state index contributed by atoms with van der Waals surface area (Å²) in [6, 6.07) is 22.9. The molecule has 200 valence electrons. The molecule has 0 spiro atoms. The molecule has 2 amide bonds. The monoisotopic (exact) mass is 578 g/mol. The Morgan fingerprint density at radius 2 is 1.61 bits per heavy atom. The largest absolute Gasteiger partial charge is 0.486 e. The van der Waals surface area contributed by atoms with E-state index >= 15 is 0 Å². The highest BCUT2D eigenvalue weighted by Gasteiger charge is 2.31. The summed E-state index contributed by atoms with van der Waals surface area (Å²) >= 11 is 3.49. The van der Waals surface area contributed by atoms with Gasteiger partial charge in [0.1, 0.15) is 19.3 Å². The first-order valence-electron chi connectivity index (χ1n) is 13.2. The number of nitrogens with one attached hydrogen (secondary N) is 1. The van der Waals surface area contributed by atoms with Gasteiger partial charge in [-0.3, -0.25) is 9.59 Å². The molecular weight excluding hydrogens is 544 g/mol. The molecule has 1 heterocycles. The molecule has 0 aliphatic carbocycles. The van der Waals surface area contributed by atoms with E-state index in [0.29, 0.717) is 38.3 Å². The van der Waals surface area contributed by atoms with Crippen LogP contribution in [0.5, 0.6) is 11.5 Å². The summed E-state index contributed by atoms with van der Waals surface area (Å²) in [4.78, 5) is 29.2. The normalized spacial score (nSPS) is 13.9. The number of hydrogen-bond donors (Lipinski definition) is 1. The van der Waals surface area contributed by atoms with E-state index in [1.54, 1.807) is 4.90 Å². The van der Waals surface area contributed by atoms with Crippen LogP contribution in [0.4, 0.5) is 0 Å². The van der Waals surface area contributed by atoms with Crippen molar-refractivity contribution in [1.82, 2.24) is 10.2 Å². The van der Waals surface area contributed by atoms with Gasteiger partial charge in [-0.2, -0.15) is 0 Å². The number of rotatable bonds is 11. The quantitative estimate of drug-likeness (QED) is 0.316. The van der Waals surface area contributed by atoms with Crippen molar-refractivity contribution in [2.24, 2.45) is 0 Å². The topological polar surface area (TPSA) is 67.9 Å². The van der Waals surface area contributed by atoms with Gasteiger partial charge in [0.05, 0.1) is 0 Å². The van der Waals surface area contributed by atoms with Crippen molar-refractivity contribution in [3.8, 4) is 11.5 Å². The Bertz CT molecular complexity index is 1220. The van der Waals surface area contributed by atoms with Crippen molar-refractivity contribution >= 4 is 27.7 Å². The summed E-state index contributed by atoms with van der Waals surface area (Å²) in [5.41, 5.74) is 2.97. The van der Waals surface area contributed by atoms with Crippen molar-refractivity contribution in [3.63, 3.8) is 0 Å². The van der Waals surface area contributed by atoms with Crippen LogP contribution in [0.15, 0.2) is 77.3 Å². The SMILES string of the molecule is CC[C@H](C)NC(=O)[C@@H](Cc1ccccc1)N(Cc1ccc(Br)cc1)C(=O)CCc1ccc2c(c1)OCCO2. The van der Waals surface area contributed by atoms with E-state index < -0.39 is 6.04 Å². The molecule has 1 N–H and O–H groups in total. The van der Waals surface area contributed by atoms with E-state index in [1.165, 1.54) is 0 Å². The summed E-state index contributed by atoms with van der Waals surface area (Å²) in [5, 5.41) is 3.12. The fourth-order valence-electron chi connectivity index (χ4n) is 4.42. The number of carbonyl (C=O) groups excluding carboxylic acids is 2. The lowest BCUT2D eigenvalue weighted by Gasteiger charge is -2.32. The van der Waals surface area contributed by atoms with Gasteiger partial charge in [0.25, 0.3) is 0 Å². The predicted octanol–water partition coefficient (Wildman–Crippen LogP) is 5.71. The number of benzene rings is 3. The van der Waals surface area contributed by atoms with E-state index in [0.717, 1.165) is 33.3 Å². The summed E-state index contributed by atoms with van der Waals surface area (Å²) in [6.07, 6.45) is 2.07. The second-order valence-corrected chi connectivity index (χ2v) is 10.6. The molecule has 0 saturated heterocycles. The predicted molar refractivity (Wildman–Crippen MR) is 152 cm³/mol. The van der Waals surface area contributed by atoms with Crippen LogP contribution >= 0.6 is 15.9 Å². The summed E-state index contributed by atoms with van der Waals surface area (Å²) in [7, 11) is 0. The molecule has 38 heavy (non-hydrogen) atoms. The molecule has 3 aromatic rings. The van der Waals surface area contributed by atoms with Crippen molar-refractivity contribution in [2.75, 3.05) is 13.2 Å². The molecule has 0 bridgehead atoms. The minimum absolute atomic E-state index is 0.0168. The highest BCUT2D eigenvalue weighted by Crippen LogP contribution is 2.31. The number of hydrogen-bond acceptors (Lipinski definition) is 4. The maximum Gasteiger partial charge on any atom is 0.243 e. The smallest absolute Gasteiger partial charge is 0.243 e. The minimum atomic E-state index is -0.636. The van der Waals surface area contributed by atoms with Crippen LogP contribution in [0.1, 0.15) is 43.4 Å². The lowest BCUT2D eigenvalue weighted by molar-refractivity contribution is -0.141. The first kappa shape index (κ1) is 27.7. The fraction of sp³-hybridized carbons (Fsp3) is 0.355. The third-order valence-corrected chi connectivity index (χ3v) is 7.30. The Kier molecular flexibility index (Phi) is 9.82. The number of nitrogens with zero attached hydrogens (tertiary/aromatic N) is 1. The maximum absolute atomic E-state index is 13.8. The number of ether oxygens (including phenoxy) is 2. The Morgan fingerprint density at radius 3 is 2.32 bits per heavy atom. The average molecular weight is 580 g/mol. The molecule has 1 aliphatic rings. The third-order valence-electron chi connectivity index (χ3n) is 6.77. The van der Waals surface area contributed by atoms with E-state index in [4.69, 9.17) is 9.47 Å². The highest BCUT2D eigenvalue weighted by atomic mass is 79.9. The van der Waals surface area contributed by atoms with Gasteiger partial charge in [0.2, 0.25) is 11.8 Å². The second-order valence-electron chi connectivity index (χ2n) is 9.65. The van der Waals surface area contributed by atoms with Crippen molar-refractivity contribution in [2.45, 2.75) is 58.2 Å². The van der Waals surface area contributed by atoms with Crippen LogP contribution in [0.25, 0.3) is 0 Å². The third kappa shape index (κ3) is 7.60. The summed E-state index contributed by atoms with van der Waals surface area (Å²) in [6.45, 7) is 5.42. The van der Waals surface area contributed by atoms with Crippen molar-refractivity contribution < 1.29 is 19.1 Å². The van der Waals surface area contributed by atoms with Crippen LogP contribution in [-0.2, 0) is 29.0 Å². The van der Waals surface area contributed by atoms with Crippen molar-refractivity contribution in [1.29, 1.82) is 0 Å². The zero-order valence-corrected chi connectivity index (χ0v) is 23.6. The van der Waals surface area contributed by atoms with Gasteiger partial charge < -0.3 is 19.7 Å². The molecule has 3 aromatic carbocycles. The Labute approximate surface area is 233 Å². The van der Waals surface area contributed by atoms with E-state index in [9.17, 15) is 9.59 Å². The number of amides is 2. The van der Waals surface area contributed by atoms with Crippen molar-refractivity contribution in [3.05, 3.63) is 94.0 Å². The molecule has 1 aliphatic heterocycles. The molecule has 0 unspecified atom stereocenters. The molecule has 2 atom stereocenters. The van der Waals surface area contributed by atoms with Crippen LogP contribution in [-0.4, -0.2) is 42.0 Å². The van der Waals surface area contributed by atoms with E-state index in [1.807, 2.05) is 86.6 Å². The van der Waals surface area contributed by atoms with Gasteiger partial charge in [-0.15, -0.1) is 0 Å². The van der Waals surface area contributed by atoms with Gasteiger partial charge in [0, 0.05) is 29.9 Å². The standard InChI is InChI=1S/C31H35BrN2O4/c1-3-22(2)33-31(36)27(19-23-7-5-4-6-8-23)34(21-25-9-13-26(32)14-10-25)30(35)16-12-24-11-15-28-29(20-24)38-18-17-37-28/h4-11,13-15,20,22,27H,3,12,16-19,21H2,1-2H3,(H,33,36)/t22-,27+/m0/s1. The lowest BCUT2D eigenvalue weighted by atomic mass is 10.0. The summed E-state index contributed by atoms with van der Waals surface area (Å²) < 4.78 is 12.3. The fourth-order valence-corrected chi connectivity index (χ4v) is 4.68. The van der Waals surface area contributed by atoms with Crippen LogP contribution in [0.2, 0.25) is 0 Å². The maximum atomic E-state index is 13.8. The molecule has 0 fully saturated rings. The number of aryl methyl sites for hydroxylation is 1. The Hall–Kier alpha value is -3.32. The first-order valence-corrected chi connectivity index (χ1v) is 14.0. The molecular formula is C31H35BrN2O4. The van der Waals surface area contributed by atoms with Crippen LogP contribution < -0.4 is 14.8 Å². The molecule has 4 rings (SSSR count). The molecule has 0 aromatic heterocycles. The van der Waals surface area contributed by atoms with E-state index in [-0.39, 0.29) is 24.3 Å². The van der Waals surface area contributed by atoms with Crippen LogP contribution in [0.3, 0.4) is 0 Å². The Morgan fingerprint density at radius 1 is 0.921 bits per heavy atom. The number of fused-ring (bicyclic) bond motifs is 1. The number of halogens is 1. The van der Waals surface area contributed by atoms with Gasteiger partial charge in [-0.1, -0.05) is 71.4 Å². The molecule has 6 nitrogen and oxygen atoms in total. The number of carbonyl (C=O) groups is 2. The highest BCUT2D eigenvalue weighted by molar-refractivity contribution is 9.10. The lowest BCUT2D eigenvalue weighted by Crippen LogP contribution is -2.52. The minimum Gasteiger partial charge on any atom is -0.486 e. The average Bonchev–Trinajstić information content (AvgIpc) is 2.94. The molecule has 0 radical (unpaired) electrons. The zero-order valence-electron chi connectivity index (χ0n) is 22.0. The first-order chi connectivity index (χ1) is 18.4. The van der Waals surface area contributed by atoms with Gasteiger partial charge in [0.15, 0.2) is 11.5 Å². The second kappa shape index (κ2) is 13.5. The molecule has 7 heteroatoms. The summed E-state index contributed by atoms with van der Waals surface area (Å²) in [5.74, 6) is 1.24. The van der Waals surface area contributed by atoms with Gasteiger partial charge in [-0.25, -0.2) is 0 Å².